The summed E-state index contributed by atoms with van der Waals surface area (Å²) < 4.78 is 67.4. The summed E-state index contributed by atoms with van der Waals surface area (Å²) in [5, 5.41) is 11.2. The molecule has 2 N–H and O–H groups in total. The van der Waals surface area contributed by atoms with Gasteiger partial charge in [-0.3, -0.25) is 19.2 Å². The first kappa shape index (κ1) is 33.3. The van der Waals surface area contributed by atoms with Crippen LogP contribution in [0.15, 0.2) is 133 Å². The maximum Gasteiger partial charge on any atom is 0.342 e. The fraction of sp³-hybridized carbons (Fsp3) is 0.111. The second-order valence-electron chi connectivity index (χ2n) is 10.5. The Balaban J connectivity index is 1.44. The van der Waals surface area contributed by atoms with Crippen LogP contribution < -0.4 is 5.32 Å². The Kier molecular flexibility index (Phi) is 9.55. The molecule has 0 fully saturated rings. The lowest BCUT2D eigenvalue weighted by molar-refractivity contribution is -0.156. The molecule has 1 amide bonds. The fourth-order valence-corrected chi connectivity index (χ4v) is 4.71. The molecule has 8 nitrogen and oxygen atoms in total. The number of hydrogen-bond donors (Lipinski definition) is 2. The molecule has 3 aromatic rings. The summed E-state index contributed by atoms with van der Waals surface area (Å²) in [5.41, 5.74) is 0.859. The highest BCUT2D eigenvalue weighted by Crippen LogP contribution is 2.47. The van der Waals surface area contributed by atoms with E-state index in [0.717, 1.165) is 35.6 Å². The van der Waals surface area contributed by atoms with E-state index in [1.807, 2.05) is 30.3 Å². The number of alkyl halides is 4. The van der Waals surface area contributed by atoms with Crippen LogP contribution in [-0.2, 0) is 19.1 Å². The highest BCUT2D eigenvalue weighted by atomic mass is 19.3. The molecular formula is C36H25F4NO7. The van der Waals surface area contributed by atoms with Gasteiger partial charge in [-0.2, -0.15) is 17.6 Å². The standard InChI is InChI=1S/C36H25F4NO7/c37-35(38)17-4-7-28(36(35,39)40)30-20-47-21-31(48-30)29(42)19-27(24-10-8-23(9-11-24)22-5-2-1-3-6-22)33(45)25-12-14-26(15-13-25)34(46)41-18-16-32(43)44/h1-15,17,19-21H,16,18H2,(H,41,46)(H,43,44)/b27-19-. The third-order valence-corrected chi connectivity index (χ3v) is 7.26. The highest BCUT2D eigenvalue weighted by molar-refractivity contribution is 6.32. The molecule has 0 saturated carbocycles. The van der Waals surface area contributed by atoms with E-state index in [1.165, 1.54) is 24.3 Å². The maximum absolute atomic E-state index is 14.6. The van der Waals surface area contributed by atoms with E-state index in [4.69, 9.17) is 14.6 Å². The third-order valence-electron chi connectivity index (χ3n) is 7.26. The van der Waals surface area contributed by atoms with Crippen LogP contribution in [0.2, 0.25) is 0 Å². The molecule has 5 rings (SSSR count). The van der Waals surface area contributed by atoms with Crippen molar-refractivity contribution < 1.29 is 51.3 Å². The summed E-state index contributed by atoms with van der Waals surface area (Å²) in [4.78, 5) is 50.3. The average molecular weight is 660 g/mol. The molecule has 1 aliphatic carbocycles. The van der Waals surface area contributed by atoms with E-state index < -0.39 is 52.4 Å². The van der Waals surface area contributed by atoms with Crippen LogP contribution in [0, 0.1) is 0 Å². The van der Waals surface area contributed by atoms with Gasteiger partial charge in [0, 0.05) is 29.3 Å². The number of carbonyl (C=O) groups is 4. The Morgan fingerprint density at radius 1 is 0.792 bits per heavy atom. The van der Waals surface area contributed by atoms with Gasteiger partial charge in [0.15, 0.2) is 11.5 Å². The number of Topliss-reactive ketones (excluding diaryl/α,β-unsaturated/α-hetero) is 1. The molecule has 1 aliphatic heterocycles. The summed E-state index contributed by atoms with van der Waals surface area (Å²) in [6.45, 7) is -0.102. The smallest absolute Gasteiger partial charge is 0.342 e. The van der Waals surface area contributed by atoms with Crippen LogP contribution in [0.1, 0.15) is 32.7 Å². The molecule has 2 aliphatic rings. The van der Waals surface area contributed by atoms with Gasteiger partial charge in [0.2, 0.25) is 11.5 Å². The number of carboxylic acids is 1. The number of rotatable bonds is 11. The van der Waals surface area contributed by atoms with Crippen molar-refractivity contribution in [2.45, 2.75) is 18.3 Å². The largest absolute Gasteiger partial charge is 0.481 e. The van der Waals surface area contributed by atoms with Crippen molar-refractivity contribution in [2.24, 2.45) is 0 Å². The number of amides is 1. The van der Waals surface area contributed by atoms with Crippen molar-refractivity contribution >= 4 is 29.0 Å². The molecule has 244 valence electrons. The molecule has 0 saturated heterocycles. The molecule has 12 heteroatoms. The molecule has 0 unspecified atom stereocenters. The number of ketones is 2. The van der Waals surface area contributed by atoms with Gasteiger partial charge >= 0.3 is 17.8 Å². The van der Waals surface area contributed by atoms with Gasteiger partial charge in [0.05, 0.1) is 12.0 Å². The van der Waals surface area contributed by atoms with Gasteiger partial charge in [-0.05, 0) is 41.0 Å². The van der Waals surface area contributed by atoms with E-state index in [0.29, 0.717) is 11.8 Å². The first-order chi connectivity index (χ1) is 22.9. The molecule has 0 aromatic heterocycles. The summed E-state index contributed by atoms with van der Waals surface area (Å²) in [6, 6.07) is 21.4. The number of aliphatic carboxylic acids is 1. The van der Waals surface area contributed by atoms with Gasteiger partial charge in [-0.1, -0.05) is 72.8 Å². The van der Waals surface area contributed by atoms with Crippen LogP contribution in [0.25, 0.3) is 16.7 Å². The quantitative estimate of drug-likeness (QED) is 0.131. The van der Waals surface area contributed by atoms with Crippen molar-refractivity contribution in [3.8, 4) is 11.1 Å². The number of halogens is 4. The molecule has 0 atom stereocenters. The van der Waals surface area contributed by atoms with Crippen LogP contribution >= 0.6 is 0 Å². The first-order valence-corrected chi connectivity index (χ1v) is 14.3. The minimum absolute atomic E-state index is 0.0464. The van der Waals surface area contributed by atoms with E-state index in [-0.39, 0.29) is 35.7 Å². The van der Waals surface area contributed by atoms with Crippen LogP contribution in [0.4, 0.5) is 17.6 Å². The zero-order chi connectivity index (χ0) is 34.5. The van der Waals surface area contributed by atoms with Crippen molar-refractivity contribution in [2.75, 3.05) is 6.54 Å². The van der Waals surface area contributed by atoms with Gasteiger partial charge < -0.3 is 19.9 Å². The third kappa shape index (κ3) is 7.17. The topological polar surface area (TPSA) is 119 Å². The van der Waals surface area contributed by atoms with Crippen LogP contribution in [0.5, 0.6) is 0 Å². The zero-order valence-corrected chi connectivity index (χ0v) is 24.8. The molecule has 1 heterocycles. The summed E-state index contributed by atoms with van der Waals surface area (Å²) in [7, 11) is 0. The number of nitrogens with one attached hydrogen (secondary N) is 1. The molecule has 3 aromatic carbocycles. The average Bonchev–Trinajstić information content (AvgIpc) is 3.08. The van der Waals surface area contributed by atoms with Crippen molar-refractivity contribution in [1.29, 1.82) is 0 Å². The lowest BCUT2D eigenvalue weighted by atomic mass is 9.93. The maximum atomic E-state index is 14.6. The molecule has 0 radical (unpaired) electrons. The Hall–Kier alpha value is -6.04. The monoisotopic (exact) mass is 659 g/mol. The summed E-state index contributed by atoms with van der Waals surface area (Å²) in [6.07, 6.45) is 3.57. The predicted octanol–water partition coefficient (Wildman–Crippen LogP) is 6.89. The minimum Gasteiger partial charge on any atom is -0.481 e. The molecular weight excluding hydrogens is 634 g/mol. The van der Waals surface area contributed by atoms with E-state index in [9.17, 15) is 36.7 Å². The second-order valence-corrected chi connectivity index (χ2v) is 10.5. The highest BCUT2D eigenvalue weighted by Gasteiger charge is 2.59. The minimum atomic E-state index is -4.67. The molecule has 48 heavy (non-hydrogen) atoms. The van der Waals surface area contributed by atoms with E-state index >= 15 is 0 Å². The van der Waals surface area contributed by atoms with Crippen molar-refractivity contribution in [1.82, 2.24) is 5.32 Å². The lowest BCUT2D eigenvalue weighted by Gasteiger charge is -2.30. The van der Waals surface area contributed by atoms with Crippen molar-refractivity contribution in [3.63, 3.8) is 0 Å². The van der Waals surface area contributed by atoms with E-state index in [2.05, 4.69) is 5.32 Å². The lowest BCUT2D eigenvalue weighted by Crippen LogP contribution is -2.42. The van der Waals surface area contributed by atoms with Gasteiger partial charge in [-0.15, -0.1) is 0 Å². The Bertz CT molecular complexity index is 1910. The Labute approximate surface area is 271 Å². The zero-order valence-electron chi connectivity index (χ0n) is 24.8. The summed E-state index contributed by atoms with van der Waals surface area (Å²) >= 11 is 0. The number of hydrogen-bond acceptors (Lipinski definition) is 6. The predicted molar refractivity (Wildman–Crippen MR) is 166 cm³/mol. The number of allylic oxidation sites excluding steroid dienone is 6. The van der Waals surface area contributed by atoms with Gasteiger partial charge in [0.1, 0.15) is 12.5 Å². The number of benzene rings is 3. The van der Waals surface area contributed by atoms with E-state index in [1.54, 1.807) is 24.3 Å². The fourth-order valence-electron chi connectivity index (χ4n) is 4.71. The second kappa shape index (κ2) is 13.8. The number of carbonyl (C=O) groups excluding carboxylic acids is 3. The van der Waals surface area contributed by atoms with Crippen LogP contribution in [0.3, 0.4) is 0 Å². The SMILES string of the molecule is O=C(O)CCNC(=O)c1ccc(C(=O)/C(=C\C(=O)C2=COC=C(C3=CC=CC(F)(F)C3(F)F)O2)c2ccc(-c3ccccc3)cc2)cc1. The van der Waals surface area contributed by atoms with Crippen LogP contribution in [-0.4, -0.2) is 46.9 Å². The van der Waals surface area contributed by atoms with Gasteiger partial charge in [0.25, 0.3) is 5.91 Å². The molecule has 0 spiro atoms. The Morgan fingerprint density at radius 2 is 1.42 bits per heavy atom. The normalized spacial score (nSPS) is 16.3. The first-order valence-electron chi connectivity index (χ1n) is 14.3. The van der Waals surface area contributed by atoms with Crippen molar-refractivity contribution in [3.05, 3.63) is 149 Å². The number of carboxylic acid groups (broad SMARTS) is 1. The van der Waals surface area contributed by atoms with Gasteiger partial charge in [-0.25, -0.2) is 0 Å². The Morgan fingerprint density at radius 3 is 2.08 bits per heavy atom. The number of ether oxygens (including phenoxy) is 2. The molecule has 0 bridgehead atoms. The summed E-state index contributed by atoms with van der Waals surface area (Å²) in [5.74, 6) is -14.0.